The minimum atomic E-state index is 0.356. The molecule has 1 saturated heterocycles. The Balaban J connectivity index is 1.43. The van der Waals surface area contributed by atoms with Crippen molar-refractivity contribution in [3.8, 4) is 0 Å². The summed E-state index contributed by atoms with van der Waals surface area (Å²) >= 11 is 0. The van der Waals surface area contributed by atoms with Gasteiger partial charge in [-0.2, -0.15) is 0 Å². The van der Waals surface area contributed by atoms with Crippen molar-refractivity contribution in [1.82, 2.24) is 15.5 Å². The van der Waals surface area contributed by atoms with E-state index in [1.165, 1.54) is 36.8 Å². The number of aliphatic imine (C=N–C) groups is 1. The predicted molar refractivity (Wildman–Crippen MR) is 118 cm³/mol. The monoisotopic (exact) mass is 402 g/mol. The molecule has 162 valence electrons. The summed E-state index contributed by atoms with van der Waals surface area (Å²) in [6.45, 7) is 7.33. The molecule has 1 heterocycles. The van der Waals surface area contributed by atoms with Gasteiger partial charge in [0.15, 0.2) is 5.96 Å². The van der Waals surface area contributed by atoms with Crippen molar-refractivity contribution in [2.75, 3.05) is 53.6 Å². The molecule has 1 aliphatic carbocycles. The summed E-state index contributed by atoms with van der Waals surface area (Å²) in [6, 6.07) is 8.90. The lowest BCUT2D eigenvalue weighted by Crippen LogP contribution is -2.43. The maximum atomic E-state index is 5.43. The highest BCUT2D eigenvalue weighted by Gasteiger charge is 2.33. The van der Waals surface area contributed by atoms with Crippen LogP contribution in [0.25, 0.3) is 0 Å². The highest BCUT2D eigenvalue weighted by atomic mass is 16.5. The first-order valence-electron chi connectivity index (χ1n) is 11.0. The molecule has 0 amide bonds. The van der Waals surface area contributed by atoms with Gasteiger partial charge in [0, 0.05) is 53.5 Å². The Morgan fingerprint density at radius 2 is 1.79 bits per heavy atom. The van der Waals surface area contributed by atoms with Crippen LogP contribution in [0.3, 0.4) is 0 Å². The summed E-state index contributed by atoms with van der Waals surface area (Å²) in [5.74, 6) is 0.881. The Bertz CT molecular complexity index is 620. The third-order valence-electron chi connectivity index (χ3n) is 6.35. The zero-order valence-electron chi connectivity index (χ0n) is 18.2. The van der Waals surface area contributed by atoms with Crippen molar-refractivity contribution in [3.63, 3.8) is 0 Å². The molecular formula is C23H38N4O2. The Kier molecular flexibility index (Phi) is 8.77. The van der Waals surface area contributed by atoms with Crippen molar-refractivity contribution in [3.05, 3.63) is 35.4 Å². The van der Waals surface area contributed by atoms with Crippen LogP contribution < -0.4 is 10.6 Å². The molecule has 0 spiro atoms. The van der Waals surface area contributed by atoms with E-state index in [0.29, 0.717) is 5.41 Å². The highest BCUT2D eigenvalue weighted by molar-refractivity contribution is 5.79. The van der Waals surface area contributed by atoms with Gasteiger partial charge in [-0.15, -0.1) is 0 Å². The van der Waals surface area contributed by atoms with Gasteiger partial charge in [-0.25, -0.2) is 0 Å². The average Bonchev–Trinajstić information content (AvgIpc) is 3.23. The van der Waals surface area contributed by atoms with E-state index in [4.69, 9.17) is 9.47 Å². The molecule has 0 unspecified atom stereocenters. The molecule has 3 rings (SSSR count). The molecule has 1 aliphatic heterocycles. The lowest BCUT2D eigenvalue weighted by atomic mass is 9.83. The molecule has 29 heavy (non-hydrogen) atoms. The van der Waals surface area contributed by atoms with Gasteiger partial charge in [-0.05, 0) is 35.8 Å². The van der Waals surface area contributed by atoms with Crippen molar-refractivity contribution < 1.29 is 9.47 Å². The van der Waals surface area contributed by atoms with E-state index < -0.39 is 0 Å². The first-order chi connectivity index (χ1) is 14.2. The van der Waals surface area contributed by atoms with Crippen LogP contribution in [0.1, 0.15) is 43.2 Å². The van der Waals surface area contributed by atoms with E-state index in [2.05, 4.69) is 44.8 Å². The van der Waals surface area contributed by atoms with Gasteiger partial charge in [0.25, 0.3) is 0 Å². The molecule has 2 fully saturated rings. The Morgan fingerprint density at radius 3 is 2.45 bits per heavy atom. The lowest BCUT2D eigenvalue weighted by molar-refractivity contribution is 0.0342. The van der Waals surface area contributed by atoms with E-state index >= 15 is 0 Å². The number of nitrogens with zero attached hydrogens (tertiary/aromatic N) is 2. The van der Waals surface area contributed by atoms with Gasteiger partial charge < -0.3 is 20.1 Å². The van der Waals surface area contributed by atoms with Crippen LogP contribution in [0.4, 0.5) is 0 Å². The van der Waals surface area contributed by atoms with E-state index in [9.17, 15) is 0 Å². The van der Waals surface area contributed by atoms with Gasteiger partial charge in [0.05, 0.1) is 13.2 Å². The number of hydrogen-bond acceptors (Lipinski definition) is 4. The molecular weight excluding hydrogens is 364 g/mol. The second kappa shape index (κ2) is 11.5. The number of nitrogens with one attached hydrogen (secondary N) is 2. The van der Waals surface area contributed by atoms with Crippen molar-refractivity contribution in [1.29, 1.82) is 0 Å². The highest BCUT2D eigenvalue weighted by Crippen LogP contribution is 2.40. The maximum Gasteiger partial charge on any atom is 0.191 e. The van der Waals surface area contributed by atoms with E-state index in [0.717, 1.165) is 64.9 Å². The third kappa shape index (κ3) is 6.98. The summed E-state index contributed by atoms with van der Waals surface area (Å²) in [6.07, 6.45) is 6.34. The molecule has 1 saturated carbocycles. The van der Waals surface area contributed by atoms with Gasteiger partial charge in [-0.1, -0.05) is 37.1 Å². The predicted octanol–water partition coefficient (Wildman–Crippen LogP) is 2.78. The standard InChI is InChI=1S/C23H38N4O2/c1-24-22(26-19-23(11-14-28-2)9-3-4-10-23)25-17-20-5-7-21(8-6-20)18-27-12-15-29-16-13-27/h5-8H,3-4,9-19H2,1-2H3,(H2,24,25,26). The SMILES string of the molecule is CN=C(NCc1ccc(CN2CCOCC2)cc1)NCC1(CCOC)CCCC1. The van der Waals surface area contributed by atoms with Crippen LogP contribution in [0.15, 0.2) is 29.3 Å². The number of benzene rings is 1. The zero-order chi connectivity index (χ0) is 20.4. The van der Waals surface area contributed by atoms with Gasteiger partial charge in [0.1, 0.15) is 0 Å². The van der Waals surface area contributed by atoms with Gasteiger partial charge in [0.2, 0.25) is 0 Å². The van der Waals surface area contributed by atoms with Crippen LogP contribution in [-0.4, -0.2) is 64.5 Å². The quantitative estimate of drug-likeness (QED) is 0.491. The molecule has 2 aliphatic rings. The summed E-state index contributed by atoms with van der Waals surface area (Å²) in [4.78, 5) is 6.86. The third-order valence-corrected chi connectivity index (χ3v) is 6.35. The number of rotatable bonds is 9. The zero-order valence-corrected chi connectivity index (χ0v) is 18.2. The second-order valence-electron chi connectivity index (χ2n) is 8.43. The topological polar surface area (TPSA) is 58.1 Å². The van der Waals surface area contributed by atoms with Crippen molar-refractivity contribution in [2.24, 2.45) is 10.4 Å². The second-order valence-corrected chi connectivity index (χ2v) is 8.43. The first kappa shape index (κ1) is 22.1. The Labute approximate surface area is 176 Å². The Morgan fingerprint density at radius 1 is 1.10 bits per heavy atom. The van der Waals surface area contributed by atoms with Crippen LogP contribution >= 0.6 is 0 Å². The molecule has 6 nitrogen and oxygen atoms in total. The maximum absolute atomic E-state index is 5.43. The number of methoxy groups -OCH3 is 1. The number of morpholine rings is 1. The number of hydrogen-bond donors (Lipinski definition) is 2. The summed E-state index contributed by atoms with van der Waals surface area (Å²) in [5.41, 5.74) is 2.99. The van der Waals surface area contributed by atoms with Crippen LogP contribution in [0.2, 0.25) is 0 Å². The molecule has 0 atom stereocenters. The van der Waals surface area contributed by atoms with Gasteiger partial charge >= 0.3 is 0 Å². The van der Waals surface area contributed by atoms with Gasteiger partial charge in [-0.3, -0.25) is 9.89 Å². The van der Waals surface area contributed by atoms with Crippen LogP contribution in [0.5, 0.6) is 0 Å². The number of ether oxygens (including phenoxy) is 2. The van der Waals surface area contributed by atoms with E-state index in [-0.39, 0.29) is 0 Å². The fraction of sp³-hybridized carbons (Fsp3) is 0.696. The van der Waals surface area contributed by atoms with Crippen molar-refractivity contribution >= 4 is 5.96 Å². The summed E-state index contributed by atoms with van der Waals surface area (Å²) < 4.78 is 10.8. The molecule has 0 radical (unpaired) electrons. The molecule has 2 N–H and O–H groups in total. The summed E-state index contributed by atoms with van der Waals surface area (Å²) in [7, 11) is 3.64. The van der Waals surface area contributed by atoms with E-state index in [1.54, 1.807) is 7.11 Å². The fourth-order valence-electron chi connectivity index (χ4n) is 4.42. The fourth-order valence-corrected chi connectivity index (χ4v) is 4.42. The van der Waals surface area contributed by atoms with Crippen LogP contribution in [0, 0.1) is 5.41 Å². The molecule has 0 aromatic heterocycles. The molecule has 1 aromatic carbocycles. The average molecular weight is 403 g/mol. The molecule has 6 heteroatoms. The number of guanidine groups is 1. The minimum absolute atomic E-state index is 0.356. The lowest BCUT2D eigenvalue weighted by Gasteiger charge is -2.30. The normalized spacial score (nSPS) is 20.0. The largest absolute Gasteiger partial charge is 0.385 e. The van der Waals surface area contributed by atoms with Crippen molar-refractivity contribution in [2.45, 2.75) is 45.2 Å². The van der Waals surface area contributed by atoms with E-state index in [1.807, 2.05) is 7.05 Å². The minimum Gasteiger partial charge on any atom is -0.385 e. The van der Waals surface area contributed by atoms with Crippen LogP contribution in [-0.2, 0) is 22.6 Å². The first-order valence-corrected chi connectivity index (χ1v) is 11.0. The Hall–Kier alpha value is -1.63. The smallest absolute Gasteiger partial charge is 0.191 e. The molecule has 1 aromatic rings. The molecule has 0 bridgehead atoms. The summed E-state index contributed by atoms with van der Waals surface area (Å²) in [5, 5.41) is 7.03.